The summed E-state index contributed by atoms with van der Waals surface area (Å²) < 4.78 is 0. The molecule has 4 nitrogen and oxygen atoms in total. The van der Waals surface area contributed by atoms with Crippen molar-refractivity contribution in [2.75, 3.05) is 19.6 Å². The first-order chi connectivity index (χ1) is 12.3. The fraction of sp³-hybridized carbons (Fsp3) is 1.00. The Morgan fingerprint density at radius 1 is 0.800 bits per heavy atom. The molecule has 4 rings (SSSR count). The highest BCUT2D eigenvalue weighted by Crippen LogP contribution is 2.42. The summed E-state index contributed by atoms with van der Waals surface area (Å²) in [4.78, 5) is 0. The average molecular weight is 349 g/mol. The first-order valence-corrected chi connectivity index (χ1v) is 11.3. The molecule has 0 aromatic heterocycles. The number of piperidine rings is 1. The predicted octanol–water partition coefficient (Wildman–Crippen LogP) is 3.24. The van der Waals surface area contributed by atoms with Gasteiger partial charge in [0.2, 0.25) is 0 Å². The SMILES string of the molecule is NC1CCC(CN2CCC(C3CCCC(C4CCCCC4)C3)N2)CN1. The Bertz CT molecular complexity index is 401. The lowest BCUT2D eigenvalue weighted by Crippen LogP contribution is -2.49. The van der Waals surface area contributed by atoms with Crippen LogP contribution in [0.3, 0.4) is 0 Å². The van der Waals surface area contributed by atoms with Crippen molar-refractivity contribution in [3.05, 3.63) is 0 Å². The Kier molecular flexibility index (Phi) is 6.33. The minimum atomic E-state index is 0.231. The van der Waals surface area contributed by atoms with Gasteiger partial charge in [0.15, 0.2) is 0 Å². The summed E-state index contributed by atoms with van der Waals surface area (Å²) in [7, 11) is 0. The van der Waals surface area contributed by atoms with E-state index in [1.807, 2.05) is 0 Å². The Morgan fingerprint density at radius 3 is 2.40 bits per heavy atom. The standard InChI is InChI=1S/C21H40N4/c22-21-10-9-16(14-23-21)15-25-12-11-20(24-25)19-8-4-7-18(13-19)17-5-2-1-3-6-17/h16-21,23-24H,1-15,22H2. The van der Waals surface area contributed by atoms with Gasteiger partial charge >= 0.3 is 0 Å². The van der Waals surface area contributed by atoms with Gasteiger partial charge in [-0.3, -0.25) is 5.43 Å². The summed E-state index contributed by atoms with van der Waals surface area (Å²) in [6.45, 7) is 3.55. The third-order valence-electron chi connectivity index (χ3n) is 7.73. The van der Waals surface area contributed by atoms with E-state index in [1.165, 1.54) is 83.7 Å². The van der Waals surface area contributed by atoms with E-state index in [-0.39, 0.29) is 6.17 Å². The second-order valence-electron chi connectivity index (χ2n) is 9.51. The van der Waals surface area contributed by atoms with Crippen molar-refractivity contribution in [3.63, 3.8) is 0 Å². The van der Waals surface area contributed by atoms with Crippen molar-refractivity contribution in [2.45, 2.75) is 89.3 Å². The number of nitrogens with zero attached hydrogens (tertiary/aromatic N) is 1. The molecule has 2 aliphatic heterocycles. The van der Waals surface area contributed by atoms with Crippen molar-refractivity contribution < 1.29 is 0 Å². The summed E-state index contributed by atoms with van der Waals surface area (Å²) in [5.41, 5.74) is 9.88. The molecule has 5 unspecified atom stereocenters. The van der Waals surface area contributed by atoms with E-state index in [4.69, 9.17) is 5.73 Å². The highest BCUT2D eigenvalue weighted by molar-refractivity contribution is 4.89. The van der Waals surface area contributed by atoms with Gasteiger partial charge in [0.05, 0.1) is 6.17 Å². The maximum atomic E-state index is 5.96. The van der Waals surface area contributed by atoms with Crippen LogP contribution < -0.4 is 16.5 Å². The molecule has 0 amide bonds. The van der Waals surface area contributed by atoms with Crippen molar-refractivity contribution in [1.82, 2.24) is 15.8 Å². The fourth-order valence-corrected chi connectivity index (χ4v) is 6.21. The minimum Gasteiger partial charge on any atom is -0.316 e. The van der Waals surface area contributed by atoms with Crippen LogP contribution in [0.2, 0.25) is 0 Å². The van der Waals surface area contributed by atoms with Gasteiger partial charge in [-0.15, -0.1) is 0 Å². The molecule has 0 radical (unpaired) electrons. The third-order valence-corrected chi connectivity index (χ3v) is 7.73. The second-order valence-corrected chi connectivity index (χ2v) is 9.51. The Hall–Kier alpha value is -0.160. The van der Waals surface area contributed by atoms with E-state index in [0.29, 0.717) is 0 Å². The molecule has 2 saturated carbocycles. The number of hydrogen-bond acceptors (Lipinski definition) is 4. The van der Waals surface area contributed by atoms with Gasteiger partial charge in [-0.2, -0.15) is 0 Å². The number of nitrogens with one attached hydrogen (secondary N) is 2. The number of hydrazine groups is 1. The minimum absolute atomic E-state index is 0.231. The Balaban J connectivity index is 1.23. The second kappa shape index (κ2) is 8.69. The summed E-state index contributed by atoms with van der Waals surface area (Å²) in [6, 6.07) is 0.755. The quantitative estimate of drug-likeness (QED) is 0.730. The third kappa shape index (κ3) is 4.77. The monoisotopic (exact) mass is 348 g/mol. The first kappa shape index (κ1) is 18.2. The molecule has 4 heteroatoms. The van der Waals surface area contributed by atoms with E-state index in [2.05, 4.69) is 15.8 Å². The molecule has 0 aromatic carbocycles. The van der Waals surface area contributed by atoms with Crippen LogP contribution >= 0.6 is 0 Å². The van der Waals surface area contributed by atoms with Gasteiger partial charge in [-0.05, 0) is 55.8 Å². The highest BCUT2D eigenvalue weighted by Gasteiger charge is 2.36. The molecule has 2 saturated heterocycles. The fourth-order valence-electron chi connectivity index (χ4n) is 6.21. The average Bonchev–Trinajstić information content (AvgIpc) is 3.13. The van der Waals surface area contributed by atoms with E-state index < -0.39 is 0 Å². The van der Waals surface area contributed by atoms with E-state index in [1.54, 1.807) is 0 Å². The maximum Gasteiger partial charge on any atom is 0.0546 e. The van der Waals surface area contributed by atoms with E-state index >= 15 is 0 Å². The molecule has 4 aliphatic rings. The van der Waals surface area contributed by atoms with Crippen molar-refractivity contribution in [2.24, 2.45) is 29.4 Å². The highest BCUT2D eigenvalue weighted by atomic mass is 15.5. The van der Waals surface area contributed by atoms with Crippen molar-refractivity contribution in [3.8, 4) is 0 Å². The smallest absolute Gasteiger partial charge is 0.0546 e. The molecular weight excluding hydrogens is 308 g/mol. The normalized spacial score (nSPS) is 41.9. The zero-order valence-electron chi connectivity index (χ0n) is 16.1. The van der Waals surface area contributed by atoms with Crippen molar-refractivity contribution in [1.29, 1.82) is 0 Å². The molecule has 0 spiro atoms. The summed E-state index contributed by atoms with van der Waals surface area (Å²) in [6.07, 6.45) is 17.5. The van der Waals surface area contributed by atoms with Crippen LogP contribution in [0.5, 0.6) is 0 Å². The van der Waals surface area contributed by atoms with Gasteiger partial charge in [0.25, 0.3) is 0 Å². The van der Waals surface area contributed by atoms with Crippen molar-refractivity contribution >= 4 is 0 Å². The molecule has 5 atom stereocenters. The van der Waals surface area contributed by atoms with Crippen LogP contribution in [-0.4, -0.2) is 36.9 Å². The molecule has 4 fully saturated rings. The molecule has 144 valence electrons. The molecule has 2 aliphatic carbocycles. The lowest BCUT2D eigenvalue weighted by Gasteiger charge is -2.39. The van der Waals surface area contributed by atoms with Gasteiger partial charge in [0.1, 0.15) is 0 Å². The van der Waals surface area contributed by atoms with Crippen LogP contribution in [0.25, 0.3) is 0 Å². The molecule has 0 aromatic rings. The van der Waals surface area contributed by atoms with Crippen LogP contribution in [-0.2, 0) is 0 Å². The summed E-state index contributed by atoms with van der Waals surface area (Å²) in [5, 5.41) is 5.99. The molecule has 25 heavy (non-hydrogen) atoms. The van der Waals surface area contributed by atoms with Crippen LogP contribution in [0.15, 0.2) is 0 Å². The maximum absolute atomic E-state index is 5.96. The predicted molar refractivity (Wildman–Crippen MR) is 104 cm³/mol. The lowest BCUT2D eigenvalue weighted by molar-refractivity contribution is 0.117. The molecule has 0 bridgehead atoms. The van der Waals surface area contributed by atoms with Crippen LogP contribution in [0.1, 0.15) is 77.0 Å². The largest absolute Gasteiger partial charge is 0.316 e. The first-order valence-electron chi connectivity index (χ1n) is 11.3. The van der Waals surface area contributed by atoms with Gasteiger partial charge in [-0.1, -0.05) is 44.9 Å². The van der Waals surface area contributed by atoms with E-state index in [0.717, 1.165) is 42.7 Å². The number of hydrogen-bond donors (Lipinski definition) is 3. The topological polar surface area (TPSA) is 53.3 Å². The van der Waals surface area contributed by atoms with Gasteiger partial charge in [-0.25, -0.2) is 5.01 Å². The lowest BCUT2D eigenvalue weighted by atomic mass is 9.69. The van der Waals surface area contributed by atoms with Crippen LogP contribution in [0.4, 0.5) is 0 Å². The number of rotatable bonds is 4. The van der Waals surface area contributed by atoms with Gasteiger partial charge in [0, 0.05) is 25.7 Å². The zero-order valence-corrected chi connectivity index (χ0v) is 16.1. The zero-order chi connectivity index (χ0) is 17.1. The molecular formula is C21H40N4. The summed E-state index contributed by atoms with van der Waals surface area (Å²) in [5.74, 6) is 3.81. The summed E-state index contributed by atoms with van der Waals surface area (Å²) >= 11 is 0. The van der Waals surface area contributed by atoms with Gasteiger partial charge < -0.3 is 11.1 Å². The molecule has 4 N–H and O–H groups in total. The Morgan fingerprint density at radius 2 is 1.60 bits per heavy atom. The number of nitrogens with two attached hydrogens (primary N) is 1. The van der Waals surface area contributed by atoms with E-state index in [9.17, 15) is 0 Å². The Labute approximate surface area is 154 Å². The molecule has 2 heterocycles. The van der Waals surface area contributed by atoms with Crippen LogP contribution in [0, 0.1) is 23.7 Å².